The van der Waals surface area contributed by atoms with Gasteiger partial charge >= 0.3 is 0 Å². The van der Waals surface area contributed by atoms with Gasteiger partial charge in [0.25, 0.3) is 0 Å². The molecule has 0 N–H and O–H groups in total. The maximum Gasteiger partial charge on any atom is 0.0540 e. The van der Waals surface area contributed by atoms with Crippen molar-refractivity contribution in [3.63, 3.8) is 0 Å². The molecule has 0 radical (unpaired) electrons. The Hall–Kier alpha value is -5.92. The zero-order chi connectivity index (χ0) is 29.7. The number of anilines is 3. The Morgan fingerprint density at radius 3 is 1.38 bits per heavy atom. The van der Waals surface area contributed by atoms with E-state index in [2.05, 4.69) is 181 Å². The van der Waals surface area contributed by atoms with Crippen molar-refractivity contribution >= 4 is 38.6 Å². The summed E-state index contributed by atoms with van der Waals surface area (Å²) >= 11 is 0. The smallest absolute Gasteiger partial charge is 0.0540 e. The summed E-state index contributed by atoms with van der Waals surface area (Å²) in [5.41, 5.74) is 13.6. The Morgan fingerprint density at radius 1 is 0.267 bits per heavy atom. The molecule has 0 bridgehead atoms. The first kappa shape index (κ1) is 25.6. The van der Waals surface area contributed by atoms with Gasteiger partial charge < -0.3 is 4.90 Å². The molecule has 1 heteroatoms. The SMILES string of the molecule is c1ccc(-c2ccc(N(c3ccc4cc5c(cc4c3)-c3cc4ccccc4cc3-5)c3ccccc3-c3ccccc3)cc2)cc1. The molecule has 1 aliphatic carbocycles. The third kappa shape index (κ3) is 4.32. The number of rotatable bonds is 5. The van der Waals surface area contributed by atoms with Crippen LogP contribution in [0.5, 0.6) is 0 Å². The lowest BCUT2D eigenvalue weighted by molar-refractivity contribution is 1.29. The normalized spacial score (nSPS) is 11.6. The highest BCUT2D eigenvalue weighted by molar-refractivity contribution is 6.12. The second-order valence-corrected chi connectivity index (χ2v) is 11.8. The van der Waals surface area contributed by atoms with Gasteiger partial charge in [-0.2, -0.15) is 0 Å². The average Bonchev–Trinajstić information content (AvgIpc) is 3.11. The summed E-state index contributed by atoms with van der Waals surface area (Å²) in [5, 5.41) is 5.09. The van der Waals surface area contributed by atoms with Crippen LogP contribution in [0, 0.1) is 0 Å². The van der Waals surface area contributed by atoms with Crippen molar-refractivity contribution in [1.29, 1.82) is 0 Å². The molecule has 0 aromatic heterocycles. The molecule has 0 saturated heterocycles. The fourth-order valence-electron chi connectivity index (χ4n) is 6.88. The Labute approximate surface area is 263 Å². The van der Waals surface area contributed by atoms with Crippen LogP contribution in [-0.2, 0) is 0 Å². The van der Waals surface area contributed by atoms with Crippen molar-refractivity contribution in [3.8, 4) is 44.5 Å². The van der Waals surface area contributed by atoms with Gasteiger partial charge in [-0.25, -0.2) is 0 Å². The van der Waals surface area contributed by atoms with E-state index in [4.69, 9.17) is 0 Å². The van der Waals surface area contributed by atoms with Crippen LogP contribution in [0.25, 0.3) is 66.1 Å². The van der Waals surface area contributed by atoms with Crippen molar-refractivity contribution in [2.45, 2.75) is 0 Å². The maximum absolute atomic E-state index is 2.40. The predicted octanol–water partition coefficient (Wildman–Crippen LogP) is 12.4. The fourth-order valence-corrected chi connectivity index (χ4v) is 6.88. The topological polar surface area (TPSA) is 3.24 Å². The first-order valence-corrected chi connectivity index (χ1v) is 15.5. The molecular formula is C44H29N. The quantitative estimate of drug-likeness (QED) is 0.199. The zero-order valence-electron chi connectivity index (χ0n) is 24.7. The first-order valence-electron chi connectivity index (χ1n) is 15.5. The van der Waals surface area contributed by atoms with Gasteiger partial charge in [0.05, 0.1) is 5.69 Å². The van der Waals surface area contributed by atoms with Gasteiger partial charge in [-0.15, -0.1) is 0 Å². The van der Waals surface area contributed by atoms with Crippen LogP contribution in [0.4, 0.5) is 17.1 Å². The molecule has 8 aromatic carbocycles. The van der Waals surface area contributed by atoms with E-state index in [-0.39, 0.29) is 0 Å². The van der Waals surface area contributed by atoms with Gasteiger partial charge in [0, 0.05) is 16.9 Å². The van der Waals surface area contributed by atoms with Crippen LogP contribution in [-0.4, -0.2) is 0 Å². The number of hydrogen-bond acceptors (Lipinski definition) is 1. The summed E-state index contributed by atoms with van der Waals surface area (Å²) in [5.74, 6) is 0. The number of nitrogens with zero attached hydrogens (tertiary/aromatic N) is 1. The third-order valence-electron chi connectivity index (χ3n) is 9.15. The number of para-hydroxylation sites is 1. The Morgan fingerprint density at radius 2 is 0.733 bits per heavy atom. The van der Waals surface area contributed by atoms with E-state index in [0.717, 1.165) is 17.1 Å². The molecule has 1 aliphatic rings. The molecular weight excluding hydrogens is 542 g/mol. The average molecular weight is 572 g/mol. The lowest BCUT2D eigenvalue weighted by atomic mass is 9.78. The highest BCUT2D eigenvalue weighted by Crippen LogP contribution is 2.51. The zero-order valence-corrected chi connectivity index (χ0v) is 24.7. The van der Waals surface area contributed by atoms with E-state index in [1.54, 1.807) is 0 Å². The van der Waals surface area contributed by atoms with E-state index in [1.807, 2.05) is 0 Å². The minimum Gasteiger partial charge on any atom is -0.310 e. The predicted molar refractivity (Wildman–Crippen MR) is 191 cm³/mol. The molecule has 8 aromatic rings. The molecule has 0 spiro atoms. The van der Waals surface area contributed by atoms with Gasteiger partial charge in [-0.1, -0.05) is 121 Å². The summed E-state index contributed by atoms with van der Waals surface area (Å²) in [7, 11) is 0. The Kier molecular flexibility index (Phi) is 5.89. The molecule has 210 valence electrons. The molecule has 0 aliphatic heterocycles. The van der Waals surface area contributed by atoms with E-state index in [1.165, 1.54) is 66.1 Å². The van der Waals surface area contributed by atoms with Crippen molar-refractivity contribution < 1.29 is 0 Å². The highest BCUT2D eigenvalue weighted by Gasteiger charge is 2.24. The van der Waals surface area contributed by atoms with Gasteiger partial charge in [0.1, 0.15) is 0 Å². The molecule has 0 fully saturated rings. The van der Waals surface area contributed by atoms with E-state index >= 15 is 0 Å². The van der Waals surface area contributed by atoms with Crippen LogP contribution in [0.2, 0.25) is 0 Å². The molecule has 0 atom stereocenters. The lowest BCUT2D eigenvalue weighted by Crippen LogP contribution is -2.11. The number of benzene rings is 8. The maximum atomic E-state index is 2.40. The largest absolute Gasteiger partial charge is 0.310 e. The van der Waals surface area contributed by atoms with Crippen LogP contribution in [0.3, 0.4) is 0 Å². The summed E-state index contributed by atoms with van der Waals surface area (Å²) in [6, 6.07) is 63.9. The van der Waals surface area contributed by atoms with Crippen molar-refractivity contribution in [3.05, 3.63) is 176 Å². The van der Waals surface area contributed by atoms with Crippen molar-refractivity contribution in [2.24, 2.45) is 0 Å². The summed E-state index contributed by atoms with van der Waals surface area (Å²) in [6.07, 6.45) is 0. The molecule has 0 heterocycles. The number of fused-ring (bicyclic) bond motifs is 6. The summed E-state index contributed by atoms with van der Waals surface area (Å²) in [4.78, 5) is 2.40. The number of hydrogen-bond donors (Lipinski definition) is 0. The molecule has 0 unspecified atom stereocenters. The van der Waals surface area contributed by atoms with Crippen LogP contribution in [0.1, 0.15) is 0 Å². The van der Waals surface area contributed by atoms with E-state index in [0.29, 0.717) is 0 Å². The highest BCUT2D eigenvalue weighted by atomic mass is 15.1. The Balaban J connectivity index is 1.20. The van der Waals surface area contributed by atoms with Crippen molar-refractivity contribution in [2.75, 3.05) is 4.90 Å². The minimum absolute atomic E-state index is 1.12. The fraction of sp³-hybridized carbons (Fsp3) is 0. The van der Waals surface area contributed by atoms with Gasteiger partial charge in [0.2, 0.25) is 0 Å². The molecule has 0 amide bonds. The molecule has 0 saturated carbocycles. The second kappa shape index (κ2) is 10.4. The van der Waals surface area contributed by atoms with Crippen molar-refractivity contribution in [1.82, 2.24) is 0 Å². The third-order valence-corrected chi connectivity index (χ3v) is 9.15. The minimum atomic E-state index is 1.12. The van der Waals surface area contributed by atoms with Gasteiger partial charge in [-0.05, 0) is 115 Å². The summed E-state index contributed by atoms with van der Waals surface area (Å²) in [6.45, 7) is 0. The lowest BCUT2D eigenvalue weighted by Gasteiger charge is -2.29. The molecule has 1 nitrogen and oxygen atoms in total. The molecule has 9 rings (SSSR count). The Bertz CT molecular complexity index is 2350. The summed E-state index contributed by atoms with van der Waals surface area (Å²) < 4.78 is 0. The van der Waals surface area contributed by atoms with Crippen LogP contribution in [0.15, 0.2) is 176 Å². The van der Waals surface area contributed by atoms with Crippen LogP contribution < -0.4 is 4.90 Å². The van der Waals surface area contributed by atoms with Gasteiger partial charge in [-0.3, -0.25) is 0 Å². The molecule has 45 heavy (non-hydrogen) atoms. The van der Waals surface area contributed by atoms with Crippen LogP contribution >= 0.6 is 0 Å². The standard InChI is InChI=1S/C44H29N/c1-3-11-30(12-4-1)31-19-22-37(23-20-31)45(44-18-10-9-17-39(44)32-13-5-2-6-14-32)38-24-21-35-28-42-40-26-33-15-7-8-16-34(33)27-41(40)43(42)29-36(35)25-38/h1-29H. The van der Waals surface area contributed by atoms with E-state index < -0.39 is 0 Å². The second-order valence-electron chi connectivity index (χ2n) is 11.8. The van der Waals surface area contributed by atoms with E-state index in [9.17, 15) is 0 Å². The monoisotopic (exact) mass is 571 g/mol. The first-order chi connectivity index (χ1) is 22.3. The van der Waals surface area contributed by atoms with Gasteiger partial charge in [0.15, 0.2) is 0 Å².